The van der Waals surface area contributed by atoms with Gasteiger partial charge in [-0.25, -0.2) is 4.79 Å². The molecule has 0 atom stereocenters. The smallest absolute Gasteiger partial charge is 0.410 e. The third-order valence-electron chi connectivity index (χ3n) is 5.92. The van der Waals surface area contributed by atoms with Gasteiger partial charge in [-0.1, -0.05) is 43.6 Å². The van der Waals surface area contributed by atoms with Crippen molar-refractivity contribution in [2.24, 2.45) is 0 Å². The lowest BCUT2D eigenvalue weighted by molar-refractivity contribution is 0.0222. The largest absolute Gasteiger partial charge is 0.495 e. The predicted octanol–water partition coefficient (Wildman–Crippen LogP) is 6.79. The van der Waals surface area contributed by atoms with Crippen molar-refractivity contribution in [2.45, 2.75) is 60.1 Å². The van der Waals surface area contributed by atoms with Crippen molar-refractivity contribution < 1.29 is 14.3 Å². The van der Waals surface area contributed by atoms with Gasteiger partial charge in [-0.3, -0.25) is 9.36 Å². The van der Waals surface area contributed by atoms with Gasteiger partial charge in [0.1, 0.15) is 11.4 Å². The first kappa shape index (κ1) is 27.3. The SMILES string of the molecule is CC.COc1ccc(-c2cccc(Cl)c2C)cc1-n1c2c(ccc1=O)CN(C(=O)OC(C)(C)C)CC2. The predicted molar refractivity (Wildman–Crippen MR) is 145 cm³/mol. The number of halogens is 1. The van der Waals surface area contributed by atoms with E-state index in [2.05, 4.69) is 0 Å². The lowest BCUT2D eigenvalue weighted by Gasteiger charge is -2.32. The Hall–Kier alpha value is -3.25. The van der Waals surface area contributed by atoms with Gasteiger partial charge in [0.15, 0.2) is 0 Å². The minimum Gasteiger partial charge on any atom is -0.495 e. The average molecular weight is 511 g/mol. The number of carbonyl (C=O) groups is 1. The first-order valence-electron chi connectivity index (χ1n) is 12.2. The van der Waals surface area contributed by atoms with E-state index in [1.807, 2.05) is 77.9 Å². The average Bonchev–Trinajstić information content (AvgIpc) is 2.85. The molecule has 0 radical (unpaired) electrons. The van der Waals surface area contributed by atoms with E-state index in [0.717, 1.165) is 27.9 Å². The molecule has 2 aromatic carbocycles. The number of hydrogen-bond acceptors (Lipinski definition) is 4. The van der Waals surface area contributed by atoms with Crippen LogP contribution in [0.3, 0.4) is 0 Å². The topological polar surface area (TPSA) is 60.8 Å². The number of amides is 1. The van der Waals surface area contributed by atoms with Crippen LogP contribution in [0.15, 0.2) is 53.3 Å². The summed E-state index contributed by atoms with van der Waals surface area (Å²) in [6.45, 7) is 12.4. The van der Waals surface area contributed by atoms with Crippen molar-refractivity contribution in [3.8, 4) is 22.6 Å². The van der Waals surface area contributed by atoms with Crippen LogP contribution in [0.1, 0.15) is 51.4 Å². The molecule has 0 N–H and O–H groups in total. The number of methoxy groups -OCH3 is 1. The molecular weight excluding hydrogens is 476 g/mol. The summed E-state index contributed by atoms with van der Waals surface area (Å²) in [4.78, 5) is 27.4. The second-order valence-electron chi connectivity index (χ2n) is 9.43. The van der Waals surface area contributed by atoms with Gasteiger partial charge in [0.25, 0.3) is 5.56 Å². The van der Waals surface area contributed by atoms with Gasteiger partial charge in [0, 0.05) is 29.7 Å². The number of fused-ring (bicyclic) bond motifs is 1. The Morgan fingerprint density at radius 1 is 1.06 bits per heavy atom. The molecule has 0 bridgehead atoms. The first-order valence-corrected chi connectivity index (χ1v) is 12.6. The number of rotatable bonds is 3. The van der Waals surface area contributed by atoms with E-state index < -0.39 is 5.60 Å². The summed E-state index contributed by atoms with van der Waals surface area (Å²) in [5.74, 6) is 0.591. The zero-order valence-electron chi connectivity index (χ0n) is 22.1. The number of nitrogens with zero attached hydrogens (tertiary/aromatic N) is 2. The third kappa shape index (κ3) is 5.76. The van der Waals surface area contributed by atoms with Crippen molar-refractivity contribution in [1.82, 2.24) is 9.47 Å². The molecule has 7 heteroatoms. The molecule has 3 aromatic rings. The summed E-state index contributed by atoms with van der Waals surface area (Å²) >= 11 is 6.36. The highest BCUT2D eigenvalue weighted by molar-refractivity contribution is 6.31. The molecule has 4 rings (SSSR count). The maximum atomic E-state index is 13.1. The Balaban J connectivity index is 0.00000176. The molecular formula is C29H35ClN2O4. The molecule has 1 amide bonds. The Morgan fingerprint density at radius 3 is 2.44 bits per heavy atom. The van der Waals surface area contributed by atoms with Crippen molar-refractivity contribution in [2.75, 3.05) is 13.7 Å². The Kier molecular flexibility index (Phi) is 8.51. The molecule has 0 unspecified atom stereocenters. The molecule has 36 heavy (non-hydrogen) atoms. The van der Waals surface area contributed by atoms with Gasteiger partial charge >= 0.3 is 6.09 Å². The van der Waals surface area contributed by atoms with E-state index in [-0.39, 0.29) is 11.7 Å². The zero-order valence-corrected chi connectivity index (χ0v) is 22.9. The van der Waals surface area contributed by atoms with Crippen molar-refractivity contribution in [1.29, 1.82) is 0 Å². The second kappa shape index (κ2) is 11.2. The third-order valence-corrected chi connectivity index (χ3v) is 6.33. The van der Waals surface area contributed by atoms with E-state index in [4.69, 9.17) is 21.1 Å². The lowest BCUT2D eigenvalue weighted by Crippen LogP contribution is -2.41. The highest BCUT2D eigenvalue weighted by atomic mass is 35.5. The fourth-order valence-electron chi connectivity index (χ4n) is 4.26. The minimum atomic E-state index is -0.567. The van der Waals surface area contributed by atoms with Crippen LogP contribution in [0, 0.1) is 6.92 Å². The Bertz CT molecular complexity index is 1310. The van der Waals surface area contributed by atoms with Crippen molar-refractivity contribution in [3.63, 3.8) is 0 Å². The first-order chi connectivity index (χ1) is 17.1. The van der Waals surface area contributed by atoms with Crippen LogP contribution >= 0.6 is 11.6 Å². The van der Waals surface area contributed by atoms with Crippen molar-refractivity contribution >= 4 is 17.7 Å². The molecule has 192 valence electrons. The minimum absolute atomic E-state index is 0.150. The number of hydrogen-bond donors (Lipinski definition) is 0. The molecule has 1 aromatic heterocycles. The van der Waals surface area contributed by atoms with Crippen LogP contribution in [-0.4, -0.2) is 34.8 Å². The molecule has 0 saturated carbocycles. The fraction of sp³-hybridized carbons (Fsp3) is 0.379. The van der Waals surface area contributed by atoms with Crippen LogP contribution in [0.2, 0.25) is 5.02 Å². The van der Waals surface area contributed by atoms with E-state index in [1.54, 1.807) is 22.6 Å². The summed E-state index contributed by atoms with van der Waals surface area (Å²) in [7, 11) is 1.59. The van der Waals surface area contributed by atoms with E-state index in [1.165, 1.54) is 6.07 Å². The van der Waals surface area contributed by atoms with Crippen LogP contribution in [-0.2, 0) is 17.7 Å². The molecule has 2 heterocycles. The van der Waals surface area contributed by atoms with E-state index >= 15 is 0 Å². The Labute approximate surface area is 218 Å². The molecule has 0 spiro atoms. The van der Waals surface area contributed by atoms with Crippen molar-refractivity contribution in [3.05, 3.63) is 80.7 Å². The Morgan fingerprint density at radius 2 is 1.78 bits per heavy atom. The highest BCUT2D eigenvalue weighted by Gasteiger charge is 2.28. The summed E-state index contributed by atoms with van der Waals surface area (Å²) in [5, 5.41) is 0.686. The number of carbonyl (C=O) groups excluding carboxylic acids is 1. The van der Waals surface area contributed by atoms with Gasteiger partial charge in [-0.15, -0.1) is 0 Å². The maximum Gasteiger partial charge on any atom is 0.410 e. The summed E-state index contributed by atoms with van der Waals surface area (Å²) < 4.78 is 12.9. The summed E-state index contributed by atoms with van der Waals surface area (Å²) in [5.41, 5.74) is 4.61. The van der Waals surface area contributed by atoms with Crippen LogP contribution < -0.4 is 10.3 Å². The van der Waals surface area contributed by atoms with Gasteiger partial charge in [0.2, 0.25) is 0 Å². The second-order valence-corrected chi connectivity index (χ2v) is 9.84. The van der Waals surface area contributed by atoms with Gasteiger partial charge < -0.3 is 14.4 Å². The normalized spacial score (nSPS) is 12.8. The molecule has 1 aliphatic rings. The number of benzene rings is 2. The molecule has 6 nitrogen and oxygen atoms in total. The van der Waals surface area contributed by atoms with Crippen LogP contribution in [0.4, 0.5) is 4.79 Å². The monoisotopic (exact) mass is 510 g/mol. The van der Waals surface area contributed by atoms with Crippen LogP contribution in [0.5, 0.6) is 5.75 Å². The van der Waals surface area contributed by atoms with E-state index in [9.17, 15) is 9.59 Å². The zero-order chi connectivity index (χ0) is 26.6. The maximum absolute atomic E-state index is 13.1. The standard InChI is InChI=1S/C27H29ClN2O4.C2H6/c1-17-20(7-6-8-21(17)28)18-9-11-24(33-5)23(15-18)30-22-13-14-29(26(32)34-27(2,3)4)16-19(22)10-12-25(30)31;1-2/h6-12,15H,13-14,16H2,1-5H3;1-2H3. The number of aromatic nitrogens is 1. The van der Waals surface area contributed by atoms with Gasteiger partial charge in [-0.05, 0) is 74.2 Å². The molecule has 0 fully saturated rings. The van der Waals surface area contributed by atoms with Gasteiger partial charge in [-0.2, -0.15) is 0 Å². The van der Waals surface area contributed by atoms with E-state index in [0.29, 0.717) is 36.0 Å². The summed E-state index contributed by atoms with van der Waals surface area (Å²) in [6, 6.07) is 14.9. The quantitative estimate of drug-likeness (QED) is 0.389. The molecule has 1 aliphatic heterocycles. The highest BCUT2D eigenvalue weighted by Crippen LogP contribution is 2.34. The number of pyridine rings is 1. The van der Waals surface area contributed by atoms with Gasteiger partial charge in [0.05, 0.1) is 19.3 Å². The van der Waals surface area contributed by atoms with Crippen LogP contribution in [0.25, 0.3) is 16.8 Å². The molecule has 0 saturated heterocycles. The summed E-state index contributed by atoms with van der Waals surface area (Å²) in [6.07, 6.45) is 0.167. The molecule has 0 aliphatic carbocycles. The lowest BCUT2D eigenvalue weighted by atomic mass is 9.99. The number of ether oxygens (including phenoxy) is 2. The fourth-order valence-corrected chi connectivity index (χ4v) is 4.43.